The van der Waals surface area contributed by atoms with Crippen molar-refractivity contribution in [3.63, 3.8) is 0 Å². The number of carbonyl (C=O) groups excluding carboxylic acids is 1. The van der Waals surface area contributed by atoms with E-state index in [9.17, 15) is 4.79 Å². The summed E-state index contributed by atoms with van der Waals surface area (Å²) in [7, 11) is 3.34. The van der Waals surface area contributed by atoms with Crippen molar-refractivity contribution in [3.8, 4) is 11.5 Å². The molecule has 1 atom stereocenters. The van der Waals surface area contributed by atoms with Gasteiger partial charge in [-0.1, -0.05) is 38.1 Å². The van der Waals surface area contributed by atoms with E-state index in [1.54, 1.807) is 20.4 Å². The van der Waals surface area contributed by atoms with E-state index < -0.39 is 0 Å². The van der Waals surface area contributed by atoms with Gasteiger partial charge in [0.05, 0.1) is 33.0 Å². The molecule has 1 aliphatic rings. The Hall–Kier alpha value is -3.38. The maximum atomic E-state index is 13.0. The molecule has 1 N–H and O–H groups in total. The number of ether oxygens (including phenoxy) is 2. The lowest BCUT2D eigenvalue weighted by atomic mass is 9.87. The van der Waals surface area contributed by atoms with Crippen LogP contribution in [0.15, 0.2) is 54.7 Å². The van der Waals surface area contributed by atoms with Crippen molar-refractivity contribution in [2.45, 2.75) is 52.1 Å². The second kappa shape index (κ2) is 12.0. The lowest BCUT2D eigenvalue weighted by Gasteiger charge is -2.37. The summed E-state index contributed by atoms with van der Waals surface area (Å²) in [4.78, 5) is 19.6. The SMILES string of the molecule is CCc1ccc(CC2c3cc(OC)c(OC)cc3CCN2CC(=O)NCc2ccccn2)cc1CC. The number of nitrogens with one attached hydrogen (secondary N) is 1. The van der Waals surface area contributed by atoms with Gasteiger partial charge in [0.25, 0.3) is 0 Å². The van der Waals surface area contributed by atoms with Crippen LogP contribution in [0.2, 0.25) is 0 Å². The summed E-state index contributed by atoms with van der Waals surface area (Å²) in [6, 6.07) is 16.8. The Morgan fingerprint density at radius 1 is 1.03 bits per heavy atom. The third-order valence-electron chi connectivity index (χ3n) is 7.11. The Labute approximate surface area is 214 Å². The number of aromatic nitrogens is 1. The van der Waals surface area contributed by atoms with Crippen LogP contribution < -0.4 is 14.8 Å². The number of amides is 1. The molecule has 0 spiro atoms. The number of nitrogens with zero attached hydrogens (tertiary/aromatic N) is 2. The summed E-state index contributed by atoms with van der Waals surface area (Å²) >= 11 is 0. The van der Waals surface area contributed by atoms with Crippen molar-refractivity contribution in [1.82, 2.24) is 15.2 Å². The average Bonchev–Trinajstić information content (AvgIpc) is 2.92. The number of hydrogen-bond donors (Lipinski definition) is 1. The van der Waals surface area contributed by atoms with Crippen LogP contribution >= 0.6 is 0 Å². The summed E-state index contributed by atoms with van der Waals surface area (Å²) in [6.07, 6.45) is 5.48. The summed E-state index contributed by atoms with van der Waals surface area (Å²) in [6.45, 7) is 5.98. The second-order valence-corrected chi connectivity index (χ2v) is 9.25. The van der Waals surface area contributed by atoms with Gasteiger partial charge >= 0.3 is 0 Å². The van der Waals surface area contributed by atoms with E-state index in [0.29, 0.717) is 13.1 Å². The van der Waals surface area contributed by atoms with E-state index in [1.165, 1.54) is 27.8 Å². The molecule has 2 heterocycles. The monoisotopic (exact) mass is 487 g/mol. The molecule has 0 saturated carbocycles. The van der Waals surface area contributed by atoms with Crippen LogP contribution in [-0.4, -0.2) is 43.1 Å². The molecular formula is C30H37N3O3. The number of hydrogen-bond acceptors (Lipinski definition) is 5. The molecule has 1 aliphatic heterocycles. The highest BCUT2D eigenvalue weighted by Gasteiger charge is 2.30. The van der Waals surface area contributed by atoms with E-state index >= 15 is 0 Å². The van der Waals surface area contributed by atoms with E-state index in [0.717, 1.165) is 49.4 Å². The van der Waals surface area contributed by atoms with Crippen molar-refractivity contribution in [2.24, 2.45) is 0 Å². The Morgan fingerprint density at radius 2 is 1.81 bits per heavy atom. The second-order valence-electron chi connectivity index (χ2n) is 9.25. The van der Waals surface area contributed by atoms with Gasteiger partial charge in [0, 0.05) is 18.8 Å². The van der Waals surface area contributed by atoms with Gasteiger partial charge in [0.1, 0.15) is 0 Å². The summed E-state index contributed by atoms with van der Waals surface area (Å²) in [5, 5.41) is 3.04. The quantitative estimate of drug-likeness (QED) is 0.450. The first-order chi connectivity index (χ1) is 17.6. The lowest BCUT2D eigenvalue weighted by Crippen LogP contribution is -2.43. The van der Waals surface area contributed by atoms with Crippen molar-refractivity contribution >= 4 is 5.91 Å². The topological polar surface area (TPSA) is 63.7 Å². The van der Waals surface area contributed by atoms with Gasteiger partial charge in [-0.15, -0.1) is 0 Å². The number of methoxy groups -OCH3 is 2. The van der Waals surface area contributed by atoms with Gasteiger partial charge in [-0.25, -0.2) is 0 Å². The standard InChI is InChI=1S/C30H37N3O3/c1-5-22-11-10-21(15-23(22)6-2)16-27-26-18-29(36-4)28(35-3)17-24(26)12-14-33(27)20-30(34)32-19-25-9-7-8-13-31-25/h7-11,13,15,17-18,27H,5-6,12,14,16,19-20H2,1-4H3,(H,32,34). The molecule has 6 heteroatoms. The number of benzene rings is 2. The predicted octanol–water partition coefficient (Wildman–Crippen LogP) is 4.68. The molecule has 0 radical (unpaired) electrons. The van der Waals surface area contributed by atoms with Crippen LogP contribution in [0.4, 0.5) is 0 Å². The first-order valence-electron chi connectivity index (χ1n) is 12.8. The van der Waals surface area contributed by atoms with Crippen LogP contribution in [0.3, 0.4) is 0 Å². The van der Waals surface area contributed by atoms with Crippen LogP contribution in [-0.2, 0) is 37.0 Å². The predicted molar refractivity (Wildman–Crippen MR) is 143 cm³/mol. The van der Waals surface area contributed by atoms with Crippen LogP contribution in [0, 0.1) is 0 Å². The first kappa shape index (κ1) is 25.7. The van der Waals surface area contributed by atoms with Crippen molar-refractivity contribution in [2.75, 3.05) is 27.3 Å². The van der Waals surface area contributed by atoms with Gasteiger partial charge < -0.3 is 14.8 Å². The van der Waals surface area contributed by atoms with E-state index in [1.807, 2.05) is 18.2 Å². The third-order valence-corrected chi connectivity index (χ3v) is 7.11. The van der Waals surface area contributed by atoms with Crippen molar-refractivity contribution in [3.05, 3.63) is 88.2 Å². The highest BCUT2D eigenvalue weighted by molar-refractivity contribution is 5.78. The molecule has 4 rings (SSSR count). The molecule has 2 aromatic carbocycles. The minimum Gasteiger partial charge on any atom is -0.493 e. The van der Waals surface area contributed by atoms with E-state index in [2.05, 4.69) is 59.4 Å². The van der Waals surface area contributed by atoms with Gasteiger partial charge in [0.2, 0.25) is 5.91 Å². The molecule has 0 saturated heterocycles. The zero-order chi connectivity index (χ0) is 25.5. The fourth-order valence-corrected chi connectivity index (χ4v) is 5.14. The van der Waals surface area contributed by atoms with Crippen LogP contribution in [0.1, 0.15) is 53.4 Å². The molecule has 3 aromatic rings. The maximum absolute atomic E-state index is 13.0. The zero-order valence-corrected chi connectivity index (χ0v) is 21.8. The molecular weight excluding hydrogens is 450 g/mol. The smallest absolute Gasteiger partial charge is 0.234 e. The van der Waals surface area contributed by atoms with Crippen LogP contribution in [0.25, 0.3) is 0 Å². The minimum atomic E-state index is 0.00478. The third kappa shape index (κ3) is 5.88. The average molecular weight is 488 g/mol. The van der Waals surface area contributed by atoms with Gasteiger partial charge in [-0.2, -0.15) is 0 Å². The molecule has 190 valence electrons. The van der Waals surface area contributed by atoms with Crippen molar-refractivity contribution < 1.29 is 14.3 Å². The zero-order valence-electron chi connectivity index (χ0n) is 21.8. The molecule has 36 heavy (non-hydrogen) atoms. The summed E-state index contributed by atoms with van der Waals surface area (Å²) in [5.74, 6) is 1.47. The maximum Gasteiger partial charge on any atom is 0.234 e. The van der Waals surface area contributed by atoms with Crippen molar-refractivity contribution in [1.29, 1.82) is 0 Å². The first-order valence-corrected chi connectivity index (χ1v) is 12.8. The molecule has 6 nitrogen and oxygen atoms in total. The molecule has 0 bridgehead atoms. The molecule has 0 fully saturated rings. The number of carbonyl (C=O) groups is 1. The summed E-state index contributed by atoms with van der Waals surface area (Å²) in [5.41, 5.74) is 7.40. The molecule has 0 aliphatic carbocycles. The van der Waals surface area contributed by atoms with E-state index in [-0.39, 0.29) is 11.9 Å². The molecule has 1 unspecified atom stereocenters. The summed E-state index contributed by atoms with van der Waals surface area (Å²) < 4.78 is 11.2. The highest BCUT2D eigenvalue weighted by Crippen LogP contribution is 2.39. The fourth-order valence-electron chi connectivity index (χ4n) is 5.14. The molecule has 1 amide bonds. The lowest BCUT2D eigenvalue weighted by molar-refractivity contribution is -0.123. The Kier molecular flexibility index (Phi) is 8.60. The van der Waals surface area contributed by atoms with E-state index in [4.69, 9.17) is 9.47 Å². The Morgan fingerprint density at radius 3 is 2.50 bits per heavy atom. The Balaban J connectivity index is 1.61. The van der Waals surface area contributed by atoms with Gasteiger partial charge in [0.15, 0.2) is 11.5 Å². The number of fused-ring (bicyclic) bond motifs is 1. The number of rotatable bonds is 10. The number of pyridine rings is 1. The van der Waals surface area contributed by atoms with Gasteiger partial charge in [-0.3, -0.25) is 14.7 Å². The minimum absolute atomic E-state index is 0.00478. The normalized spacial score (nSPS) is 15.3. The van der Waals surface area contributed by atoms with Gasteiger partial charge in [-0.05, 0) is 77.8 Å². The highest BCUT2D eigenvalue weighted by atomic mass is 16.5. The Bertz CT molecular complexity index is 1180. The largest absolute Gasteiger partial charge is 0.493 e. The fraction of sp³-hybridized carbons (Fsp3) is 0.400. The number of aryl methyl sites for hydroxylation is 2. The van der Waals surface area contributed by atoms with Crippen LogP contribution in [0.5, 0.6) is 11.5 Å². The molecule has 1 aromatic heterocycles.